The van der Waals surface area contributed by atoms with Crippen molar-refractivity contribution in [2.45, 2.75) is 0 Å². The summed E-state index contributed by atoms with van der Waals surface area (Å²) in [6.07, 6.45) is 6.98. The van der Waals surface area contributed by atoms with E-state index in [2.05, 4.69) is 120 Å². The second-order valence-corrected chi connectivity index (χ2v) is 11.4. The van der Waals surface area contributed by atoms with Crippen molar-refractivity contribution in [1.29, 1.82) is 0 Å². The van der Waals surface area contributed by atoms with E-state index in [9.17, 15) is 0 Å². The molecule has 10 aromatic rings. The number of pyridine rings is 1. The molecule has 0 N–H and O–H groups in total. The second kappa shape index (κ2) is 10.6. The Balaban J connectivity index is 0.00000302. The van der Waals surface area contributed by atoms with Gasteiger partial charge in [0.2, 0.25) is 0 Å². The first kappa shape index (κ1) is 27.5. The Hall–Kier alpha value is -5.78. The summed E-state index contributed by atoms with van der Waals surface area (Å²) < 4.78 is 4.31. The summed E-state index contributed by atoms with van der Waals surface area (Å²) in [5.41, 5.74) is 7.06. The second-order valence-electron chi connectivity index (χ2n) is 11.4. The summed E-state index contributed by atoms with van der Waals surface area (Å²) in [6, 6.07) is 43.1. The van der Waals surface area contributed by atoms with Crippen molar-refractivity contribution in [3.05, 3.63) is 140 Å². The van der Waals surface area contributed by atoms with Crippen LogP contribution in [0.3, 0.4) is 0 Å². The van der Waals surface area contributed by atoms with Gasteiger partial charge in [-0.15, -0.1) is 51.5 Å². The largest absolute Gasteiger partial charge is 2.00 e. The van der Waals surface area contributed by atoms with E-state index in [1.165, 1.54) is 10.8 Å². The zero-order valence-electron chi connectivity index (χ0n) is 24.6. The van der Waals surface area contributed by atoms with Gasteiger partial charge in [-0.3, -0.25) is 4.98 Å². The van der Waals surface area contributed by atoms with Crippen molar-refractivity contribution in [3.63, 3.8) is 0 Å². The van der Waals surface area contributed by atoms with Gasteiger partial charge in [0.05, 0.1) is 5.52 Å². The van der Waals surface area contributed by atoms with Gasteiger partial charge >= 0.3 is 21.1 Å². The standard InChI is InChI=1S/C39H21N7.Pt/c1-2-7-25-19-36-32(18-24(25)6-1)30-13-11-27(34-23-40-16-17-41-34)20-35(30)45(36)28-12-14-29-31-9-5-15-42-39(31)46(37(29)22-28)38-21-26-8-3-4-10-33(26)43-44-38;/h1-19,21,23H;/q-2;+2. The van der Waals surface area contributed by atoms with E-state index in [4.69, 9.17) is 4.98 Å². The predicted molar refractivity (Wildman–Crippen MR) is 182 cm³/mol. The van der Waals surface area contributed by atoms with Crippen LogP contribution in [0, 0.1) is 12.1 Å². The molecular weight excluding hydrogens is 762 g/mol. The summed E-state index contributed by atoms with van der Waals surface area (Å²) in [6.45, 7) is 0. The maximum atomic E-state index is 4.80. The zero-order chi connectivity index (χ0) is 30.2. The summed E-state index contributed by atoms with van der Waals surface area (Å²) in [5, 5.41) is 16.9. The molecule has 47 heavy (non-hydrogen) atoms. The molecule has 7 nitrogen and oxygen atoms in total. The van der Waals surface area contributed by atoms with E-state index < -0.39 is 0 Å². The quantitative estimate of drug-likeness (QED) is 0.168. The molecule has 0 atom stereocenters. The van der Waals surface area contributed by atoms with Crippen LogP contribution in [-0.2, 0) is 21.1 Å². The van der Waals surface area contributed by atoms with E-state index in [-0.39, 0.29) is 21.1 Å². The molecule has 0 spiro atoms. The Morgan fingerprint density at radius 1 is 0.553 bits per heavy atom. The summed E-state index contributed by atoms with van der Waals surface area (Å²) in [7, 11) is 0. The molecule has 0 radical (unpaired) electrons. The van der Waals surface area contributed by atoms with Crippen LogP contribution < -0.4 is 0 Å². The third-order valence-corrected chi connectivity index (χ3v) is 8.76. The fraction of sp³-hybridized carbons (Fsp3) is 0. The van der Waals surface area contributed by atoms with Crippen molar-refractivity contribution in [1.82, 2.24) is 34.3 Å². The van der Waals surface area contributed by atoms with Crippen LogP contribution in [0.1, 0.15) is 0 Å². The molecule has 222 valence electrons. The number of aromatic nitrogens is 7. The molecule has 5 aromatic carbocycles. The van der Waals surface area contributed by atoms with Crippen molar-refractivity contribution in [3.8, 4) is 22.8 Å². The van der Waals surface area contributed by atoms with E-state index in [0.717, 1.165) is 71.6 Å². The minimum Gasteiger partial charge on any atom is -0.352 e. The van der Waals surface area contributed by atoms with Gasteiger partial charge in [0.1, 0.15) is 5.65 Å². The first-order chi connectivity index (χ1) is 22.8. The number of nitrogens with zero attached hydrogens (tertiary/aromatic N) is 7. The molecule has 8 heteroatoms. The van der Waals surface area contributed by atoms with Crippen LogP contribution in [0.5, 0.6) is 0 Å². The Labute approximate surface area is 282 Å². The summed E-state index contributed by atoms with van der Waals surface area (Å²) in [5.74, 6) is 0.690. The third kappa shape index (κ3) is 4.20. The van der Waals surface area contributed by atoms with Gasteiger partial charge in [0, 0.05) is 41.4 Å². The topological polar surface area (TPSA) is 74.3 Å². The Kier molecular flexibility index (Phi) is 6.24. The van der Waals surface area contributed by atoms with E-state index >= 15 is 0 Å². The van der Waals surface area contributed by atoms with Crippen molar-refractivity contribution >= 4 is 65.4 Å². The molecule has 0 amide bonds. The van der Waals surface area contributed by atoms with Gasteiger partial charge in [0.15, 0.2) is 5.82 Å². The molecule has 0 fully saturated rings. The van der Waals surface area contributed by atoms with Crippen LogP contribution in [-0.4, -0.2) is 34.3 Å². The van der Waals surface area contributed by atoms with Gasteiger partial charge in [-0.2, -0.15) is 6.07 Å². The van der Waals surface area contributed by atoms with Gasteiger partial charge in [-0.05, 0) is 51.3 Å². The molecule has 0 unspecified atom stereocenters. The Morgan fingerprint density at radius 2 is 1.34 bits per heavy atom. The maximum Gasteiger partial charge on any atom is 2.00 e. The van der Waals surface area contributed by atoms with Crippen molar-refractivity contribution < 1.29 is 21.1 Å². The molecule has 0 saturated carbocycles. The fourth-order valence-corrected chi connectivity index (χ4v) is 6.66. The van der Waals surface area contributed by atoms with Crippen LogP contribution in [0.2, 0.25) is 0 Å². The monoisotopic (exact) mass is 782 g/mol. The summed E-state index contributed by atoms with van der Waals surface area (Å²) >= 11 is 0. The van der Waals surface area contributed by atoms with Crippen LogP contribution >= 0.6 is 0 Å². The van der Waals surface area contributed by atoms with E-state index in [0.29, 0.717) is 5.82 Å². The number of benzene rings is 5. The number of fused-ring (bicyclic) bond motifs is 8. The van der Waals surface area contributed by atoms with Gasteiger partial charge in [0.25, 0.3) is 0 Å². The van der Waals surface area contributed by atoms with Gasteiger partial charge in [-0.1, -0.05) is 71.2 Å². The normalized spacial score (nSPS) is 11.7. The molecule has 5 heterocycles. The predicted octanol–water partition coefficient (Wildman–Crippen LogP) is 8.43. The molecular formula is C39H21N7Pt. The Bertz CT molecular complexity index is 2820. The van der Waals surface area contributed by atoms with Crippen molar-refractivity contribution in [2.75, 3.05) is 0 Å². The van der Waals surface area contributed by atoms with Crippen LogP contribution in [0.15, 0.2) is 128 Å². The SMILES string of the molecule is [Pt+2].[c-]1c(-c2cnccn2)ccc2c3cc4ccccc4cc3n(-c3[c-]c4c(cc3)c3cccnc3n4-c3cc4ccccc4nn3)c12. The minimum absolute atomic E-state index is 0. The van der Waals surface area contributed by atoms with Crippen LogP contribution in [0.25, 0.3) is 88.2 Å². The maximum absolute atomic E-state index is 4.80. The van der Waals surface area contributed by atoms with Crippen LogP contribution in [0.4, 0.5) is 0 Å². The smallest absolute Gasteiger partial charge is 0.352 e. The molecule has 10 rings (SSSR count). The van der Waals surface area contributed by atoms with E-state index in [1.54, 1.807) is 18.6 Å². The minimum atomic E-state index is 0. The molecule has 5 aromatic heterocycles. The number of hydrogen-bond acceptors (Lipinski definition) is 5. The Morgan fingerprint density at radius 3 is 2.21 bits per heavy atom. The number of hydrogen-bond donors (Lipinski definition) is 0. The van der Waals surface area contributed by atoms with Gasteiger partial charge < -0.3 is 14.1 Å². The summed E-state index contributed by atoms with van der Waals surface area (Å²) in [4.78, 5) is 13.6. The number of rotatable bonds is 3. The molecule has 0 bridgehead atoms. The molecule has 0 aliphatic heterocycles. The molecule has 0 saturated heterocycles. The third-order valence-electron chi connectivity index (χ3n) is 8.76. The molecule has 0 aliphatic carbocycles. The van der Waals surface area contributed by atoms with Gasteiger partial charge in [-0.25, -0.2) is 4.98 Å². The van der Waals surface area contributed by atoms with Crippen molar-refractivity contribution in [2.24, 2.45) is 0 Å². The first-order valence-corrected chi connectivity index (χ1v) is 15.0. The fourth-order valence-electron chi connectivity index (χ4n) is 6.66. The zero-order valence-corrected chi connectivity index (χ0v) is 26.8. The average Bonchev–Trinajstić information content (AvgIpc) is 3.62. The average molecular weight is 783 g/mol. The first-order valence-electron chi connectivity index (χ1n) is 15.0. The van der Waals surface area contributed by atoms with E-state index in [1.807, 2.05) is 30.5 Å². The molecule has 0 aliphatic rings.